The van der Waals surface area contributed by atoms with Gasteiger partial charge in [0.1, 0.15) is 5.75 Å². The second-order valence-electron chi connectivity index (χ2n) is 5.16. The molecule has 1 aromatic carbocycles. The average molecular weight is 342 g/mol. The van der Waals surface area contributed by atoms with Gasteiger partial charge in [0.25, 0.3) is 0 Å². The normalized spacial score (nSPS) is 22.4. The number of ether oxygens (including phenoxy) is 1. The van der Waals surface area contributed by atoms with Gasteiger partial charge in [-0.05, 0) is 31.0 Å². The molecule has 1 fully saturated rings. The van der Waals surface area contributed by atoms with Crippen molar-refractivity contribution in [3.05, 3.63) is 28.2 Å². The highest BCUT2D eigenvalue weighted by molar-refractivity contribution is 9.10. The van der Waals surface area contributed by atoms with Gasteiger partial charge in [0.15, 0.2) is 0 Å². The van der Waals surface area contributed by atoms with Crippen molar-refractivity contribution < 1.29 is 14.6 Å². The molecule has 110 valence electrons. The minimum atomic E-state index is -0.419. The van der Waals surface area contributed by atoms with Gasteiger partial charge in [-0.3, -0.25) is 4.79 Å². The van der Waals surface area contributed by atoms with Crippen molar-refractivity contribution in [1.82, 2.24) is 5.32 Å². The number of rotatable bonds is 4. The van der Waals surface area contributed by atoms with Crippen LogP contribution in [0.25, 0.3) is 0 Å². The van der Waals surface area contributed by atoms with Gasteiger partial charge in [-0.1, -0.05) is 28.8 Å². The fourth-order valence-corrected chi connectivity index (χ4v) is 3.00. The average Bonchev–Trinajstić information content (AvgIpc) is 2.41. The van der Waals surface area contributed by atoms with Crippen molar-refractivity contribution in [2.75, 3.05) is 7.11 Å². The largest absolute Gasteiger partial charge is 0.496 e. The van der Waals surface area contributed by atoms with Crippen molar-refractivity contribution in [1.29, 1.82) is 0 Å². The fourth-order valence-electron chi connectivity index (χ4n) is 2.60. The number of aliphatic hydroxyl groups is 1. The third-order valence-corrected chi connectivity index (χ3v) is 4.16. The molecule has 0 aromatic heterocycles. The van der Waals surface area contributed by atoms with Crippen LogP contribution in [0.4, 0.5) is 0 Å². The number of carbonyl (C=O) groups excluding carboxylic acids is 1. The molecule has 5 heteroatoms. The first-order valence-corrected chi connectivity index (χ1v) is 7.69. The molecule has 0 aliphatic heterocycles. The zero-order chi connectivity index (χ0) is 14.5. The lowest BCUT2D eigenvalue weighted by molar-refractivity contribution is -0.122. The van der Waals surface area contributed by atoms with Crippen LogP contribution in [0.5, 0.6) is 5.75 Å². The highest BCUT2D eigenvalue weighted by atomic mass is 79.9. The van der Waals surface area contributed by atoms with E-state index in [1.54, 1.807) is 7.11 Å². The Balaban J connectivity index is 1.99. The molecule has 0 saturated heterocycles. The summed E-state index contributed by atoms with van der Waals surface area (Å²) in [7, 11) is 1.59. The van der Waals surface area contributed by atoms with Crippen LogP contribution in [0.3, 0.4) is 0 Å². The van der Waals surface area contributed by atoms with E-state index in [9.17, 15) is 9.90 Å². The molecule has 0 bridgehead atoms. The van der Waals surface area contributed by atoms with E-state index in [1.807, 2.05) is 18.2 Å². The van der Waals surface area contributed by atoms with Gasteiger partial charge in [0.2, 0.25) is 5.91 Å². The summed E-state index contributed by atoms with van der Waals surface area (Å²) in [5, 5.41) is 12.8. The number of hydrogen-bond donors (Lipinski definition) is 2. The lowest BCUT2D eigenvalue weighted by Crippen LogP contribution is -2.45. The smallest absolute Gasteiger partial charge is 0.224 e. The van der Waals surface area contributed by atoms with Gasteiger partial charge in [-0.15, -0.1) is 0 Å². The van der Waals surface area contributed by atoms with Crippen molar-refractivity contribution in [2.24, 2.45) is 0 Å². The second kappa shape index (κ2) is 7.09. The Morgan fingerprint density at radius 1 is 1.45 bits per heavy atom. The van der Waals surface area contributed by atoms with Crippen LogP contribution in [0.15, 0.2) is 22.7 Å². The van der Waals surface area contributed by atoms with Crippen LogP contribution in [-0.4, -0.2) is 30.3 Å². The molecule has 4 nitrogen and oxygen atoms in total. The van der Waals surface area contributed by atoms with Crippen molar-refractivity contribution >= 4 is 21.8 Å². The standard InChI is InChI=1S/C15H20BrNO3/c1-20-14-7-6-11(16)8-10(14)9-15(19)17-12-4-2-3-5-13(12)18/h6-8,12-13,18H,2-5,9H2,1H3,(H,17,19). The number of halogens is 1. The summed E-state index contributed by atoms with van der Waals surface area (Å²) in [6.45, 7) is 0. The molecule has 0 heterocycles. The number of nitrogens with one attached hydrogen (secondary N) is 1. The Morgan fingerprint density at radius 3 is 2.90 bits per heavy atom. The molecule has 0 spiro atoms. The predicted octanol–water partition coefficient (Wildman–Crippen LogP) is 2.42. The first-order valence-electron chi connectivity index (χ1n) is 6.90. The van der Waals surface area contributed by atoms with Crippen LogP contribution >= 0.6 is 15.9 Å². The Morgan fingerprint density at radius 2 is 2.20 bits per heavy atom. The highest BCUT2D eigenvalue weighted by Crippen LogP contribution is 2.24. The van der Waals surface area contributed by atoms with E-state index < -0.39 is 6.10 Å². The van der Waals surface area contributed by atoms with Crippen molar-refractivity contribution in [3.8, 4) is 5.75 Å². The van der Waals surface area contributed by atoms with Gasteiger partial charge >= 0.3 is 0 Å². The maximum absolute atomic E-state index is 12.1. The molecule has 2 atom stereocenters. The SMILES string of the molecule is COc1ccc(Br)cc1CC(=O)NC1CCCCC1O. The first kappa shape index (κ1) is 15.3. The molecule has 20 heavy (non-hydrogen) atoms. The van der Waals surface area contributed by atoms with Crippen LogP contribution in [0, 0.1) is 0 Å². The van der Waals surface area contributed by atoms with E-state index in [2.05, 4.69) is 21.2 Å². The number of aliphatic hydroxyl groups excluding tert-OH is 1. The molecule has 0 radical (unpaired) electrons. The van der Waals surface area contributed by atoms with E-state index >= 15 is 0 Å². The van der Waals surface area contributed by atoms with Gasteiger partial charge < -0.3 is 15.2 Å². The van der Waals surface area contributed by atoms with Crippen LogP contribution in [-0.2, 0) is 11.2 Å². The Bertz CT molecular complexity index is 478. The van der Waals surface area contributed by atoms with E-state index in [-0.39, 0.29) is 18.4 Å². The number of amides is 1. The summed E-state index contributed by atoms with van der Waals surface area (Å²) in [6.07, 6.45) is 3.55. The molecule has 2 N–H and O–H groups in total. The van der Waals surface area contributed by atoms with Crippen LogP contribution < -0.4 is 10.1 Å². The highest BCUT2D eigenvalue weighted by Gasteiger charge is 2.24. The van der Waals surface area contributed by atoms with Gasteiger partial charge in [-0.2, -0.15) is 0 Å². The molecule has 2 unspecified atom stereocenters. The second-order valence-corrected chi connectivity index (χ2v) is 6.07. The molecular formula is C15H20BrNO3. The summed E-state index contributed by atoms with van der Waals surface area (Å²) < 4.78 is 6.18. The van der Waals surface area contributed by atoms with E-state index in [0.29, 0.717) is 5.75 Å². The van der Waals surface area contributed by atoms with Crippen molar-refractivity contribution in [2.45, 2.75) is 44.2 Å². The predicted molar refractivity (Wildman–Crippen MR) is 80.8 cm³/mol. The van der Waals surface area contributed by atoms with E-state index in [1.165, 1.54) is 0 Å². The molecule has 1 aromatic rings. The summed E-state index contributed by atoms with van der Waals surface area (Å²) >= 11 is 3.40. The Labute approximate surface area is 127 Å². The number of hydrogen-bond acceptors (Lipinski definition) is 3. The topological polar surface area (TPSA) is 58.6 Å². The van der Waals surface area contributed by atoms with Crippen molar-refractivity contribution in [3.63, 3.8) is 0 Å². The molecule has 1 aliphatic carbocycles. The first-order chi connectivity index (χ1) is 9.60. The molecular weight excluding hydrogens is 322 g/mol. The lowest BCUT2D eigenvalue weighted by atomic mass is 9.92. The van der Waals surface area contributed by atoms with Crippen LogP contribution in [0.1, 0.15) is 31.2 Å². The third kappa shape index (κ3) is 3.96. The maximum Gasteiger partial charge on any atom is 0.224 e. The van der Waals surface area contributed by atoms with Crippen LogP contribution in [0.2, 0.25) is 0 Å². The molecule has 1 aliphatic rings. The number of benzene rings is 1. The summed E-state index contributed by atoms with van der Waals surface area (Å²) in [4.78, 5) is 12.1. The monoisotopic (exact) mass is 341 g/mol. The molecule has 2 rings (SSSR count). The van der Waals surface area contributed by atoms with Gasteiger partial charge in [0.05, 0.1) is 25.7 Å². The minimum absolute atomic E-state index is 0.0765. The van der Waals surface area contributed by atoms with Gasteiger partial charge in [-0.25, -0.2) is 0 Å². The zero-order valence-electron chi connectivity index (χ0n) is 11.6. The quantitative estimate of drug-likeness (QED) is 0.884. The maximum atomic E-state index is 12.1. The summed E-state index contributed by atoms with van der Waals surface area (Å²) in [5.74, 6) is 0.625. The molecule has 1 amide bonds. The summed E-state index contributed by atoms with van der Waals surface area (Å²) in [6, 6.07) is 5.48. The Kier molecular flexibility index (Phi) is 5.43. The van der Waals surface area contributed by atoms with E-state index in [4.69, 9.17) is 4.74 Å². The molecule has 1 saturated carbocycles. The van der Waals surface area contributed by atoms with E-state index in [0.717, 1.165) is 35.7 Å². The lowest BCUT2D eigenvalue weighted by Gasteiger charge is -2.28. The fraction of sp³-hybridized carbons (Fsp3) is 0.533. The van der Waals surface area contributed by atoms with Gasteiger partial charge in [0, 0.05) is 10.0 Å². The minimum Gasteiger partial charge on any atom is -0.496 e. The summed E-state index contributed by atoms with van der Waals surface area (Å²) in [5.41, 5.74) is 0.838. The zero-order valence-corrected chi connectivity index (χ0v) is 13.1. The third-order valence-electron chi connectivity index (χ3n) is 3.67. The number of carbonyl (C=O) groups is 1. The number of methoxy groups -OCH3 is 1. The Hall–Kier alpha value is -1.07.